The Bertz CT molecular complexity index is 2570. The van der Waals surface area contributed by atoms with E-state index < -0.39 is 0 Å². The molecule has 0 saturated heterocycles. The molecule has 2 unspecified atom stereocenters. The molecule has 3 heteroatoms. The highest BCUT2D eigenvalue weighted by Crippen LogP contribution is 2.49. The zero-order chi connectivity index (χ0) is 30.6. The van der Waals surface area contributed by atoms with Gasteiger partial charge in [0.25, 0.3) is 0 Å². The largest absolute Gasteiger partial charge is 0.422 e. The van der Waals surface area contributed by atoms with Crippen molar-refractivity contribution in [3.05, 3.63) is 146 Å². The van der Waals surface area contributed by atoms with E-state index in [1.54, 1.807) is 0 Å². The Balaban J connectivity index is 1.34. The highest BCUT2D eigenvalue weighted by molar-refractivity contribution is 6.05. The van der Waals surface area contributed by atoms with Crippen LogP contribution >= 0.6 is 0 Å². The van der Waals surface area contributed by atoms with Crippen molar-refractivity contribution in [2.45, 2.75) is 39.0 Å². The van der Waals surface area contributed by atoms with Gasteiger partial charge in [0.05, 0.1) is 16.3 Å². The molecule has 45 heavy (non-hydrogen) atoms. The van der Waals surface area contributed by atoms with Crippen LogP contribution < -0.4 is 16.2 Å². The summed E-state index contributed by atoms with van der Waals surface area (Å²) in [5.74, 6) is 0.330. The van der Waals surface area contributed by atoms with E-state index in [1.165, 1.54) is 60.5 Å². The van der Waals surface area contributed by atoms with Crippen LogP contribution in [0.3, 0.4) is 0 Å². The van der Waals surface area contributed by atoms with E-state index in [9.17, 15) is 4.79 Å². The van der Waals surface area contributed by atoms with Crippen LogP contribution in [-0.2, 0) is 5.41 Å². The van der Waals surface area contributed by atoms with E-state index >= 15 is 0 Å². The number of rotatable bonds is 2. The first-order chi connectivity index (χ1) is 21.8. The lowest BCUT2D eigenvalue weighted by molar-refractivity contribution is 0.569. The van der Waals surface area contributed by atoms with Gasteiger partial charge in [0, 0.05) is 38.4 Å². The fourth-order valence-electron chi connectivity index (χ4n) is 8.19. The van der Waals surface area contributed by atoms with E-state index in [1.807, 2.05) is 24.3 Å². The molecule has 0 N–H and O–H groups in total. The van der Waals surface area contributed by atoms with Crippen molar-refractivity contribution in [3.63, 3.8) is 0 Å². The normalized spacial score (nSPS) is 18.0. The average Bonchev–Trinajstić information content (AvgIpc) is 3.47. The van der Waals surface area contributed by atoms with Crippen LogP contribution in [0.4, 0.5) is 0 Å². The van der Waals surface area contributed by atoms with Gasteiger partial charge in [-0.05, 0) is 82.6 Å². The standard InChI is InChI=1S/C42H33NO2/c1-24-18-31-28-15-9-11-17-40(28)45-41(44)35(31)21-30(24)29-20-33-34-22-32-27-14-8-10-16-36(27)42(3,4)37(32)23-39(34)43(38(33)19-25(29)2)26-12-6-5-7-13-26/h5-23,25,29H,1-4H3. The van der Waals surface area contributed by atoms with Crippen LogP contribution in [-0.4, -0.2) is 4.57 Å². The maximum absolute atomic E-state index is 13.2. The SMILES string of the molecule is Cc1cc2c(cc1C1C=c3c(n(-c4ccccc4)c4cc5c(cc34)-c3ccccc3C5(C)C)=CC1C)c(=O)oc1ccccc12. The lowest BCUT2D eigenvalue weighted by Crippen LogP contribution is -2.34. The summed E-state index contributed by atoms with van der Waals surface area (Å²) < 4.78 is 8.21. The topological polar surface area (TPSA) is 35.1 Å². The summed E-state index contributed by atoms with van der Waals surface area (Å²) in [6, 6.07) is 36.5. The van der Waals surface area contributed by atoms with Gasteiger partial charge in [-0.3, -0.25) is 0 Å². The third-order valence-electron chi connectivity index (χ3n) is 10.5. The quantitative estimate of drug-likeness (QED) is 0.151. The van der Waals surface area contributed by atoms with Gasteiger partial charge in [-0.2, -0.15) is 0 Å². The molecule has 3 nitrogen and oxygen atoms in total. The molecule has 2 aromatic heterocycles. The van der Waals surface area contributed by atoms with E-state index in [4.69, 9.17) is 4.42 Å². The summed E-state index contributed by atoms with van der Waals surface area (Å²) in [6.45, 7) is 9.16. The first kappa shape index (κ1) is 26.3. The molecule has 0 aliphatic heterocycles. The van der Waals surface area contributed by atoms with E-state index in [0.29, 0.717) is 11.0 Å². The van der Waals surface area contributed by atoms with Crippen LogP contribution in [0.1, 0.15) is 48.9 Å². The Morgan fingerprint density at radius 3 is 2.31 bits per heavy atom. The molecule has 0 spiro atoms. The van der Waals surface area contributed by atoms with Gasteiger partial charge in [-0.25, -0.2) is 4.79 Å². The highest BCUT2D eigenvalue weighted by Gasteiger charge is 2.36. The predicted molar refractivity (Wildman–Crippen MR) is 186 cm³/mol. The smallest absolute Gasteiger partial charge is 0.344 e. The Labute approximate surface area is 261 Å². The van der Waals surface area contributed by atoms with E-state index in [-0.39, 0.29) is 22.9 Å². The number of hydrogen-bond acceptors (Lipinski definition) is 2. The Morgan fingerprint density at radius 1 is 0.711 bits per heavy atom. The predicted octanol–water partition coefficient (Wildman–Crippen LogP) is 8.50. The minimum Gasteiger partial charge on any atom is -0.422 e. The highest BCUT2D eigenvalue weighted by atomic mass is 16.4. The van der Waals surface area contributed by atoms with Crippen LogP contribution in [0.5, 0.6) is 0 Å². The molecule has 0 amide bonds. The van der Waals surface area contributed by atoms with Crippen LogP contribution in [0.15, 0.2) is 112 Å². The minimum absolute atomic E-state index is 0.0802. The molecule has 0 saturated carbocycles. The number of nitrogens with zero attached hydrogens (tertiary/aromatic N) is 1. The fourth-order valence-corrected chi connectivity index (χ4v) is 8.19. The second-order valence-corrected chi connectivity index (χ2v) is 13.4. The second kappa shape index (κ2) is 9.18. The van der Waals surface area contributed by atoms with Crippen molar-refractivity contribution < 1.29 is 4.42 Å². The minimum atomic E-state index is -0.282. The van der Waals surface area contributed by atoms with Gasteiger partial charge in [0.15, 0.2) is 0 Å². The molecule has 5 aromatic carbocycles. The Kier molecular flexibility index (Phi) is 5.36. The number of aromatic nitrogens is 1. The number of hydrogen-bond donors (Lipinski definition) is 0. The van der Waals surface area contributed by atoms with E-state index in [0.717, 1.165) is 10.8 Å². The lowest BCUT2D eigenvalue weighted by Gasteiger charge is -2.24. The van der Waals surface area contributed by atoms with Gasteiger partial charge >= 0.3 is 5.63 Å². The van der Waals surface area contributed by atoms with Gasteiger partial charge in [-0.15, -0.1) is 0 Å². The lowest BCUT2D eigenvalue weighted by atomic mass is 9.80. The maximum Gasteiger partial charge on any atom is 0.344 e. The van der Waals surface area contributed by atoms with Crippen molar-refractivity contribution in [2.24, 2.45) is 5.92 Å². The summed E-state index contributed by atoms with van der Waals surface area (Å²) in [5, 5.41) is 6.32. The third-order valence-corrected chi connectivity index (χ3v) is 10.5. The van der Waals surface area contributed by atoms with Crippen LogP contribution in [0.2, 0.25) is 0 Å². The monoisotopic (exact) mass is 583 g/mol. The Hall–Kier alpha value is -5.15. The number of benzene rings is 5. The summed E-state index contributed by atoms with van der Waals surface area (Å²) in [4.78, 5) is 13.2. The molecular formula is C42H33NO2. The summed E-state index contributed by atoms with van der Waals surface area (Å²) in [5.41, 5.74) is 10.4. The molecule has 0 fully saturated rings. The zero-order valence-corrected chi connectivity index (χ0v) is 25.9. The molecule has 2 aliphatic rings. The average molecular weight is 584 g/mol. The molecular weight excluding hydrogens is 550 g/mol. The van der Waals surface area contributed by atoms with Crippen molar-refractivity contribution in [2.75, 3.05) is 0 Å². The molecule has 2 aliphatic carbocycles. The third kappa shape index (κ3) is 3.61. The van der Waals surface area contributed by atoms with Gasteiger partial charge in [-0.1, -0.05) is 99.7 Å². The van der Waals surface area contributed by atoms with Crippen molar-refractivity contribution in [3.8, 4) is 16.8 Å². The summed E-state index contributed by atoms with van der Waals surface area (Å²) >= 11 is 0. The second-order valence-electron chi connectivity index (χ2n) is 13.4. The summed E-state index contributed by atoms with van der Waals surface area (Å²) in [7, 11) is 0. The van der Waals surface area contributed by atoms with Crippen molar-refractivity contribution in [1.82, 2.24) is 4.57 Å². The molecule has 0 radical (unpaired) electrons. The zero-order valence-electron chi connectivity index (χ0n) is 25.9. The number of fused-ring (bicyclic) bond motifs is 9. The van der Waals surface area contributed by atoms with Crippen molar-refractivity contribution in [1.29, 1.82) is 0 Å². The first-order valence-electron chi connectivity index (χ1n) is 15.9. The molecule has 218 valence electrons. The van der Waals surface area contributed by atoms with E-state index in [2.05, 4.69) is 123 Å². The van der Waals surface area contributed by atoms with Crippen LogP contribution in [0.25, 0.3) is 61.6 Å². The fraction of sp³-hybridized carbons (Fsp3) is 0.167. The molecule has 2 atom stereocenters. The van der Waals surface area contributed by atoms with Crippen molar-refractivity contribution >= 4 is 44.8 Å². The maximum atomic E-state index is 13.2. The first-order valence-corrected chi connectivity index (χ1v) is 15.9. The van der Waals surface area contributed by atoms with Gasteiger partial charge < -0.3 is 8.98 Å². The van der Waals surface area contributed by atoms with Gasteiger partial charge in [0.1, 0.15) is 5.58 Å². The van der Waals surface area contributed by atoms with Gasteiger partial charge in [0.2, 0.25) is 0 Å². The van der Waals surface area contributed by atoms with Crippen LogP contribution in [0, 0.1) is 12.8 Å². The Morgan fingerprint density at radius 2 is 1.47 bits per heavy atom. The number of para-hydroxylation sites is 2. The molecule has 9 rings (SSSR count). The number of aryl methyl sites for hydroxylation is 1. The summed E-state index contributed by atoms with van der Waals surface area (Å²) in [6.07, 6.45) is 4.89. The molecule has 0 bridgehead atoms. The molecule has 7 aromatic rings. The molecule has 2 heterocycles.